The molecule has 4 rings (SSSR count). The van der Waals surface area contributed by atoms with Crippen molar-refractivity contribution in [2.24, 2.45) is 0 Å². The highest BCUT2D eigenvalue weighted by molar-refractivity contribution is 5.88. The van der Waals surface area contributed by atoms with Gasteiger partial charge in [-0.1, -0.05) is 12.1 Å². The monoisotopic (exact) mass is 381 g/mol. The lowest BCUT2D eigenvalue weighted by Crippen LogP contribution is -2.37. The summed E-state index contributed by atoms with van der Waals surface area (Å²) in [5, 5.41) is 19.5. The van der Waals surface area contributed by atoms with E-state index in [0.29, 0.717) is 24.4 Å². The van der Waals surface area contributed by atoms with Crippen molar-refractivity contribution in [1.29, 1.82) is 0 Å². The summed E-state index contributed by atoms with van der Waals surface area (Å²) >= 11 is 0. The second-order valence-electron chi connectivity index (χ2n) is 6.76. The van der Waals surface area contributed by atoms with Gasteiger partial charge in [-0.15, -0.1) is 0 Å². The average molecular weight is 381 g/mol. The molecule has 2 aromatic carbocycles. The number of phenols is 2. The van der Waals surface area contributed by atoms with Crippen LogP contribution in [-0.2, 0) is 0 Å². The Morgan fingerprint density at radius 1 is 1.04 bits per heavy atom. The Balaban J connectivity index is 1.59. The first-order chi connectivity index (χ1) is 13.5. The fourth-order valence-electron chi connectivity index (χ4n) is 3.36. The molecule has 28 heavy (non-hydrogen) atoms. The fourth-order valence-corrected chi connectivity index (χ4v) is 3.36. The molecule has 2 N–H and O–H groups in total. The van der Waals surface area contributed by atoms with Gasteiger partial charge in [-0.05, 0) is 37.0 Å². The first-order valence-corrected chi connectivity index (χ1v) is 9.07. The quantitative estimate of drug-likeness (QED) is 0.699. The minimum absolute atomic E-state index is 0.00379. The van der Waals surface area contributed by atoms with Crippen molar-refractivity contribution in [3.63, 3.8) is 0 Å². The molecule has 1 saturated heterocycles. The molecule has 7 heteroatoms. The van der Waals surface area contributed by atoms with Crippen LogP contribution < -0.4 is 10.2 Å². The van der Waals surface area contributed by atoms with E-state index in [1.165, 1.54) is 12.3 Å². The molecule has 1 aliphatic rings. The number of piperidine rings is 1. The number of carbonyl (C=O) groups is 1. The van der Waals surface area contributed by atoms with Crippen LogP contribution in [0.3, 0.4) is 0 Å². The maximum atomic E-state index is 12.7. The van der Waals surface area contributed by atoms with E-state index in [2.05, 4.69) is 0 Å². The van der Waals surface area contributed by atoms with Gasteiger partial charge in [-0.3, -0.25) is 4.79 Å². The van der Waals surface area contributed by atoms with E-state index in [-0.39, 0.29) is 34.1 Å². The fraction of sp³-hybridized carbons (Fsp3) is 0.238. The Morgan fingerprint density at radius 3 is 2.46 bits per heavy atom. The van der Waals surface area contributed by atoms with E-state index in [9.17, 15) is 19.8 Å². The molecule has 2 heterocycles. The molecule has 3 aromatic rings. The van der Waals surface area contributed by atoms with Crippen molar-refractivity contribution in [2.45, 2.75) is 19.3 Å². The first-order valence-electron chi connectivity index (χ1n) is 9.07. The number of aromatic hydroxyl groups is 2. The molecule has 144 valence electrons. The average Bonchev–Trinajstić information content (AvgIpc) is 2.69. The van der Waals surface area contributed by atoms with Crippen molar-refractivity contribution < 1.29 is 24.2 Å². The second kappa shape index (κ2) is 7.26. The van der Waals surface area contributed by atoms with Crippen LogP contribution in [-0.4, -0.2) is 34.3 Å². The van der Waals surface area contributed by atoms with E-state index in [1.54, 1.807) is 29.2 Å². The van der Waals surface area contributed by atoms with Crippen molar-refractivity contribution in [2.75, 3.05) is 13.1 Å². The van der Waals surface area contributed by atoms with Gasteiger partial charge in [0.1, 0.15) is 34.5 Å². The number of ether oxygens (including phenoxy) is 1. The lowest BCUT2D eigenvalue weighted by molar-refractivity contribution is 0.142. The highest BCUT2D eigenvalue weighted by Crippen LogP contribution is 2.30. The Hall–Kier alpha value is -3.48. The summed E-state index contributed by atoms with van der Waals surface area (Å²) in [7, 11) is 0. The lowest BCUT2D eigenvalue weighted by atomic mass is 10.0. The van der Waals surface area contributed by atoms with E-state index in [4.69, 9.17) is 9.15 Å². The number of benzene rings is 2. The van der Waals surface area contributed by atoms with Crippen LogP contribution in [0.25, 0.3) is 22.1 Å². The molecule has 1 aromatic heterocycles. The molecule has 0 atom stereocenters. The molecule has 1 aliphatic heterocycles. The number of hydrogen-bond donors (Lipinski definition) is 2. The number of likely N-dealkylation sites (tertiary alicyclic amines) is 1. The third-order valence-corrected chi connectivity index (χ3v) is 4.83. The lowest BCUT2D eigenvalue weighted by Gasteiger charge is -2.25. The zero-order valence-corrected chi connectivity index (χ0v) is 15.1. The van der Waals surface area contributed by atoms with Gasteiger partial charge in [0.2, 0.25) is 5.43 Å². The highest BCUT2D eigenvalue weighted by Gasteiger charge is 2.19. The van der Waals surface area contributed by atoms with Crippen LogP contribution in [0.2, 0.25) is 0 Å². The maximum absolute atomic E-state index is 12.7. The molecule has 0 radical (unpaired) electrons. The number of nitrogens with zero attached hydrogens (tertiary/aromatic N) is 1. The first kappa shape index (κ1) is 17.9. The minimum Gasteiger partial charge on any atom is -0.508 e. The predicted octanol–water partition coefficient (Wildman–Crippen LogP) is 3.86. The van der Waals surface area contributed by atoms with Gasteiger partial charge in [0, 0.05) is 25.2 Å². The zero-order valence-electron chi connectivity index (χ0n) is 15.1. The summed E-state index contributed by atoms with van der Waals surface area (Å²) in [4.78, 5) is 26.6. The number of hydrogen-bond acceptors (Lipinski definition) is 6. The van der Waals surface area contributed by atoms with Gasteiger partial charge in [-0.2, -0.15) is 0 Å². The van der Waals surface area contributed by atoms with Crippen molar-refractivity contribution in [3.8, 4) is 28.4 Å². The summed E-state index contributed by atoms with van der Waals surface area (Å²) in [5.41, 5.74) is 0.485. The third kappa shape index (κ3) is 3.38. The summed E-state index contributed by atoms with van der Waals surface area (Å²) in [5.74, 6) is -0.157. The second-order valence-corrected chi connectivity index (χ2v) is 6.76. The van der Waals surface area contributed by atoms with Crippen molar-refractivity contribution in [3.05, 3.63) is 52.9 Å². The van der Waals surface area contributed by atoms with Gasteiger partial charge < -0.3 is 24.3 Å². The Morgan fingerprint density at radius 2 is 1.75 bits per heavy atom. The summed E-state index contributed by atoms with van der Waals surface area (Å²) in [6.07, 6.45) is 4.00. The van der Waals surface area contributed by atoms with Crippen LogP contribution >= 0.6 is 0 Å². The Bertz CT molecular complexity index is 1080. The molecule has 7 nitrogen and oxygen atoms in total. The van der Waals surface area contributed by atoms with E-state index in [1.807, 2.05) is 0 Å². The largest absolute Gasteiger partial charge is 0.508 e. The van der Waals surface area contributed by atoms with Crippen LogP contribution in [0, 0.1) is 0 Å². The van der Waals surface area contributed by atoms with E-state index >= 15 is 0 Å². The van der Waals surface area contributed by atoms with Gasteiger partial charge in [0.15, 0.2) is 0 Å². The van der Waals surface area contributed by atoms with Crippen molar-refractivity contribution in [1.82, 2.24) is 4.90 Å². The normalized spacial score (nSPS) is 14.2. The van der Waals surface area contributed by atoms with Gasteiger partial charge in [0.25, 0.3) is 0 Å². The van der Waals surface area contributed by atoms with Crippen LogP contribution in [0.1, 0.15) is 19.3 Å². The zero-order chi connectivity index (χ0) is 19.7. The molecular weight excluding hydrogens is 362 g/mol. The number of rotatable bonds is 2. The Labute approximate surface area is 160 Å². The molecule has 0 spiro atoms. The van der Waals surface area contributed by atoms with Crippen LogP contribution in [0.15, 0.2) is 51.9 Å². The number of phenolic OH excluding ortho intramolecular Hbond substituents is 2. The van der Waals surface area contributed by atoms with Gasteiger partial charge in [0.05, 0.1) is 5.56 Å². The number of carbonyl (C=O) groups excluding carboxylic acids is 1. The smallest absolute Gasteiger partial charge is 0.415 e. The maximum Gasteiger partial charge on any atom is 0.415 e. The third-order valence-electron chi connectivity index (χ3n) is 4.83. The molecule has 0 aliphatic carbocycles. The van der Waals surface area contributed by atoms with E-state index in [0.717, 1.165) is 25.3 Å². The van der Waals surface area contributed by atoms with Crippen molar-refractivity contribution >= 4 is 17.1 Å². The topological polar surface area (TPSA) is 100 Å². The standard InChI is InChI=1S/C21H19NO6/c23-14-10-17(24)19-18(11-14)27-12-16(20(19)25)13-4-6-15(7-5-13)28-21(26)22-8-2-1-3-9-22/h4-7,10-12,23-24H,1-3,8-9H2. The van der Waals surface area contributed by atoms with E-state index < -0.39 is 5.43 Å². The predicted molar refractivity (Wildman–Crippen MR) is 103 cm³/mol. The summed E-state index contributed by atoms with van der Waals surface area (Å²) in [6.45, 7) is 1.40. The Kier molecular flexibility index (Phi) is 4.65. The number of fused-ring (bicyclic) bond motifs is 1. The molecule has 0 unspecified atom stereocenters. The number of amides is 1. The SMILES string of the molecule is O=C(Oc1ccc(-c2coc3cc(O)cc(O)c3c2=O)cc1)N1CCCCC1. The molecule has 1 fully saturated rings. The summed E-state index contributed by atoms with van der Waals surface area (Å²) in [6, 6.07) is 8.87. The molecular formula is C21H19NO6. The molecule has 0 saturated carbocycles. The summed E-state index contributed by atoms with van der Waals surface area (Å²) < 4.78 is 10.8. The molecule has 0 bridgehead atoms. The minimum atomic E-state index is -0.420. The molecule has 1 amide bonds. The van der Waals surface area contributed by atoms with Gasteiger partial charge in [-0.25, -0.2) is 4.79 Å². The van der Waals surface area contributed by atoms with Crippen LogP contribution in [0.4, 0.5) is 4.79 Å². The highest BCUT2D eigenvalue weighted by atomic mass is 16.6. The van der Waals surface area contributed by atoms with Crippen LogP contribution in [0.5, 0.6) is 17.2 Å². The van der Waals surface area contributed by atoms with Gasteiger partial charge >= 0.3 is 6.09 Å².